The maximum absolute atomic E-state index is 11.9. The van der Waals surface area contributed by atoms with Crippen molar-refractivity contribution in [3.8, 4) is 12.1 Å². The van der Waals surface area contributed by atoms with E-state index in [1.165, 1.54) is 23.3 Å². The Labute approximate surface area is 280 Å². The highest BCUT2D eigenvalue weighted by Crippen LogP contribution is 2.49. The molecular formula is C37H48N4O5S. The zero-order chi connectivity index (χ0) is 34.0. The molecule has 0 unspecified atom stereocenters. The molecule has 0 atom stereocenters. The van der Waals surface area contributed by atoms with Crippen molar-refractivity contribution in [3.05, 3.63) is 102 Å². The number of aryl methyl sites for hydroxylation is 1. The van der Waals surface area contributed by atoms with Crippen LogP contribution < -0.4 is 5.32 Å². The number of benzene rings is 3. The summed E-state index contributed by atoms with van der Waals surface area (Å²) in [6.45, 7) is 6.34. The van der Waals surface area contributed by atoms with Crippen molar-refractivity contribution in [1.29, 1.82) is 10.5 Å². The molecule has 47 heavy (non-hydrogen) atoms. The molecule has 2 aliphatic carbocycles. The minimum Gasteiger partial charge on any atom is -0.395 e. The highest BCUT2D eigenvalue weighted by Gasteiger charge is 2.44. The summed E-state index contributed by atoms with van der Waals surface area (Å²) in [6, 6.07) is 31.3. The molecule has 0 aromatic heterocycles. The number of nitrogens with one attached hydrogen (secondary N) is 1. The lowest BCUT2D eigenvalue weighted by atomic mass is 10.0. The van der Waals surface area contributed by atoms with Gasteiger partial charge in [0.2, 0.25) is 0 Å². The number of nitriles is 2. The molecule has 0 radical (unpaired) electrons. The van der Waals surface area contributed by atoms with Crippen LogP contribution in [0.4, 0.5) is 0 Å². The third-order valence-corrected chi connectivity index (χ3v) is 9.61. The number of rotatable bonds is 16. The van der Waals surface area contributed by atoms with E-state index in [1.54, 1.807) is 12.1 Å². The Hall–Kier alpha value is -3.61. The second-order valence-corrected chi connectivity index (χ2v) is 14.1. The molecular weight excluding hydrogens is 612 g/mol. The van der Waals surface area contributed by atoms with Crippen LogP contribution in [-0.2, 0) is 27.4 Å². The summed E-state index contributed by atoms with van der Waals surface area (Å²) in [5, 5.41) is 38.3. The predicted molar refractivity (Wildman–Crippen MR) is 182 cm³/mol. The van der Waals surface area contributed by atoms with Gasteiger partial charge in [-0.2, -0.15) is 18.9 Å². The third-order valence-electron chi connectivity index (χ3n) is 8.34. The fraction of sp³-hybridized carbons (Fsp3) is 0.459. The van der Waals surface area contributed by atoms with Crippen molar-refractivity contribution < 1.29 is 22.8 Å². The summed E-state index contributed by atoms with van der Waals surface area (Å²) in [5.41, 5.74) is 3.49. The van der Waals surface area contributed by atoms with E-state index in [9.17, 15) is 8.42 Å². The van der Waals surface area contributed by atoms with E-state index in [-0.39, 0.29) is 35.5 Å². The van der Waals surface area contributed by atoms with Crippen LogP contribution in [0.3, 0.4) is 0 Å². The van der Waals surface area contributed by atoms with Gasteiger partial charge in [0.25, 0.3) is 10.1 Å². The van der Waals surface area contributed by atoms with Gasteiger partial charge < -0.3 is 15.5 Å². The van der Waals surface area contributed by atoms with E-state index in [0.717, 1.165) is 50.9 Å². The normalized spacial score (nSPS) is 15.2. The van der Waals surface area contributed by atoms with E-state index in [1.807, 2.05) is 43.3 Å². The van der Waals surface area contributed by atoms with Gasteiger partial charge in [-0.05, 0) is 61.3 Å². The van der Waals surface area contributed by atoms with Gasteiger partial charge in [-0.25, -0.2) is 0 Å². The Morgan fingerprint density at radius 1 is 0.809 bits per heavy atom. The number of aliphatic hydroxyl groups excluding tert-OH is 2. The van der Waals surface area contributed by atoms with Gasteiger partial charge in [0.15, 0.2) is 0 Å². The standard InChI is InChI=1S/C15H20N2O.C13H15NO3S.C9H13NO/c16-9-8-15(6-7-15)13-17(10-11-18)12-14-4-2-1-3-5-14;1-11-2-4-12(5-3-11)18(15,16)17-10-13(6-7-13)8-9-14;11-7-6-10-8-9-4-2-1-3-5-9/h1-5,18H,6-8,10-13H2;2-5H,6-8,10H2,1H3;1-5,10-11H,6-8H2. The number of nitrogens with zero attached hydrogens (tertiary/aromatic N) is 3. The summed E-state index contributed by atoms with van der Waals surface area (Å²) in [7, 11) is -3.70. The second-order valence-electron chi connectivity index (χ2n) is 12.5. The lowest BCUT2D eigenvalue weighted by Gasteiger charge is -2.25. The van der Waals surface area contributed by atoms with Gasteiger partial charge in [-0.1, -0.05) is 78.4 Å². The Morgan fingerprint density at radius 2 is 1.36 bits per heavy atom. The van der Waals surface area contributed by atoms with E-state index >= 15 is 0 Å². The van der Waals surface area contributed by atoms with Gasteiger partial charge in [-0.15, -0.1) is 0 Å². The Kier molecular flexibility index (Phi) is 15.5. The van der Waals surface area contributed by atoms with E-state index in [0.29, 0.717) is 25.9 Å². The third kappa shape index (κ3) is 14.0. The van der Waals surface area contributed by atoms with Crippen LogP contribution in [0.2, 0.25) is 0 Å². The molecule has 0 saturated heterocycles. The molecule has 5 rings (SSSR count). The van der Waals surface area contributed by atoms with Crippen LogP contribution in [0.25, 0.3) is 0 Å². The van der Waals surface area contributed by atoms with E-state index in [2.05, 4.69) is 46.6 Å². The Bertz CT molecular complexity index is 1510. The zero-order valence-corrected chi connectivity index (χ0v) is 28.2. The number of hydrogen-bond acceptors (Lipinski definition) is 9. The second kappa shape index (κ2) is 19.3. The number of aliphatic hydroxyl groups is 2. The molecule has 0 heterocycles. The van der Waals surface area contributed by atoms with E-state index in [4.69, 9.17) is 24.9 Å². The first-order valence-electron chi connectivity index (χ1n) is 16.1. The first kappa shape index (κ1) is 37.8. The average Bonchev–Trinajstić information content (AvgIpc) is 4.01. The fourth-order valence-corrected chi connectivity index (χ4v) is 6.02. The molecule has 0 bridgehead atoms. The minimum absolute atomic E-state index is 0.108. The maximum Gasteiger partial charge on any atom is 0.296 e. The first-order valence-corrected chi connectivity index (χ1v) is 17.5. The van der Waals surface area contributed by atoms with Crippen molar-refractivity contribution in [1.82, 2.24) is 10.2 Å². The molecule has 2 fully saturated rings. The lowest BCUT2D eigenvalue weighted by Crippen LogP contribution is -2.32. The summed E-state index contributed by atoms with van der Waals surface area (Å²) in [5.74, 6) is 0. The molecule has 0 amide bonds. The molecule has 0 aliphatic heterocycles. The zero-order valence-electron chi connectivity index (χ0n) is 27.4. The molecule has 2 saturated carbocycles. The summed E-state index contributed by atoms with van der Waals surface area (Å²) < 4.78 is 28.9. The molecule has 3 N–H and O–H groups in total. The van der Waals surface area contributed by atoms with Crippen molar-refractivity contribution in [2.45, 2.75) is 63.4 Å². The quantitative estimate of drug-likeness (QED) is 0.137. The number of hydrogen-bond donors (Lipinski definition) is 3. The van der Waals surface area contributed by atoms with Gasteiger partial charge >= 0.3 is 0 Å². The van der Waals surface area contributed by atoms with Crippen molar-refractivity contribution in [2.24, 2.45) is 10.8 Å². The average molecular weight is 661 g/mol. The van der Waals surface area contributed by atoms with Crippen LogP contribution in [0.15, 0.2) is 89.8 Å². The van der Waals surface area contributed by atoms with Crippen molar-refractivity contribution in [3.63, 3.8) is 0 Å². The van der Waals surface area contributed by atoms with Crippen LogP contribution in [0.1, 0.15) is 55.2 Å². The SMILES string of the molecule is Cc1ccc(S(=O)(=O)OCC2(CC#N)CC2)cc1.N#CCC1(CN(CCO)Cc2ccccc2)CC1.OCCNCc1ccccc1. The monoisotopic (exact) mass is 660 g/mol. The summed E-state index contributed by atoms with van der Waals surface area (Å²) in [4.78, 5) is 2.43. The highest BCUT2D eigenvalue weighted by atomic mass is 32.2. The minimum atomic E-state index is -3.70. The molecule has 0 spiro atoms. The van der Waals surface area contributed by atoms with Gasteiger partial charge in [-0.3, -0.25) is 9.08 Å². The smallest absolute Gasteiger partial charge is 0.296 e. The Morgan fingerprint density at radius 3 is 1.87 bits per heavy atom. The van der Waals surface area contributed by atoms with Crippen LogP contribution in [-0.4, -0.2) is 63.0 Å². The van der Waals surface area contributed by atoms with Crippen LogP contribution in [0, 0.1) is 40.4 Å². The van der Waals surface area contributed by atoms with E-state index < -0.39 is 10.1 Å². The van der Waals surface area contributed by atoms with Gasteiger partial charge in [0.1, 0.15) is 0 Å². The fourth-order valence-electron chi connectivity index (χ4n) is 5.01. The van der Waals surface area contributed by atoms with Gasteiger partial charge in [0.05, 0.1) is 36.9 Å². The van der Waals surface area contributed by atoms with Crippen LogP contribution >= 0.6 is 0 Å². The molecule has 3 aromatic carbocycles. The molecule has 10 heteroatoms. The summed E-state index contributed by atoms with van der Waals surface area (Å²) in [6.07, 6.45) is 5.03. The summed E-state index contributed by atoms with van der Waals surface area (Å²) >= 11 is 0. The topological polar surface area (TPSA) is 147 Å². The molecule has 252 valence electrons. The van der Waals surface area contributed by atoms with Crippen molar-refractivity contribution >= 4 is 10.1 Å². The molecule has 2 aliphatic rings. The Balaban J connectivity index is 0.000000198. The molecule has 3 aromatic rings. The maximum atomic E-state index is 11.9. The van der Waals surface area contributed by atoms with Crippen molar-refractivity contribution in [2.75, 3.05) is 39.5 Å². The van der Waals surface area contributed by atoms with Crippen LogP contribution in [0.5, 0.6) is 0 Å². The first-order chi connectivity index (χ1) is 22.7. The van der Waals surface area contributed by atoms with Gasteiger partial charge in [0, 0.05) is 51.0 Å². The predicted octanol–water partition coefficient (Wildman–Crippen LogP) is 5.34. The lowest BCUT2D eigenvalue weighted by molar-refractivity contribution is 0.163. The highest BCUT2D eigenvalue weighted by molar-refractivity contribution is 7.86. The largest absolute Gasteiger partial charge is 0.395 e. The molecule has 9 nitrogen and oxygen atoms in total.